The molecule has 2 fully saturated rings. The van der Waals surface area contributed by atoms with Crippen LogP contribution in [0.2, 0.25) is 0 Å². The summed E-state index contributed by atoms with van der Waals surface area (Å²) >= 11 is 0. The highest BCUT2D eigenvalue weighted by molar-refractivity contribution is 5.43. The van der Waals surface area contributed by atoms with Gasteiger partial charge < -0.3 is 9.84 Å². The molecule has 3 rings (SSSR count). The zero-order chi connectivity index (χ0) is 13.8. The van der Waals surface area contributed by atoms with Gasteiger partial charge in [-0.15, -0.1) is 0 Å². The molecular formula is C17H24O2. The molecule has 0 radical (unpaired) electrons. The van der Waals surface area contributed by atoms with Gasteiger partial charge in [-0.25, -0.2) is 0 Å². The number of hydrogen-bond acceptors (Lipinski definition) is 2. The van der Waals surface area contributed by atoms with E-state index in [0.29, 0.717) is 17.1 Å². The highest BCUT2D eigenvalue weighted by Crippen LogP contribution is 2.64. The minimum atomic E-state index is 0.238. The summed E-state index contributed by atoms with van der Waals surface area (Å²) in [6, 6.07) is 5.88. The molecule has 2 aliphatic carbocycles. The van der Waals surface area contributed by atoms with Gasteiger partial charge in [-0.2, -0.15) is 0 Å². The van der Waals surface area contributed by atoms with Crippen molar-refractivity contribution < 1.29 is 9.84 Å². The van der Waals surface area contributed by atoms with Crippen LogP contribution in [0.5, 0.6) is 11.5 Å². The first-order chi connectivity index (χ1) is 8.95. The Labute approximate surface area is 115 Å². The Morgan fingerprint density at radius 2 is 2.00 bits per heavy atom. The molecular weight excluding hydrogens is 236 g/mol. The molecule has 104 valence electrons. The normalized spacial score (nSPS) is 35.6. The third kappa shape index (κ3) is 1.76. The molecule has 1 N–H and O–H groups in total. The Hall–Kier alpha value is -1.18. The topological polar surface area (TPSA) is 29.5 Å². The Kier molecular flexibility index (Phi) is 2.81. The van der Waals surface area contributed by atoms with Gasteiger partial charge in [-0.05, 0) is 59.6 Å². The monoisotopic (exact) mass is 260 g/mol. The van der Waals surface area contributed by atoms with Crippen molar-refractivity contribution in [1.29, 1.82) is 0 Å². The molecule has 1 aromatic rings. The Bertz CT molecular complexity index is 492. The lowest BCUT2D eigenvalue weighted by Gasteiger charge is -2.41. The Morgan fingerprint density at radius 1 is 1.26 bits per heavy atom. The number of ether oxygens (including phenoxy) is 1. The molecule has 0 aliphatic heterocycles. The Balaban J connectivity index is 1.93. The zero-order valence-corrected chi connectivity index (χ0v) is 12.3. The van der Waals surface area contributed by atoms with Crippen LogP contribution < -0.4 is 4.74 Å². The Morgan fingerprint density at radius 3 is 2.58 bits per heavy atom. The second-order valence-corrected chi connectivity index (χ2v) is 6.99. The van der Waals surface area contributed by atoms with Crippen molar-refractivity contribution in [3.63, 3.8) is 0 Å². The summed E-state index contributed by atoms with van der Waals surface area (Å²) in [6.45, 7) is 7.26. The molecule has 0 saturated heterocycles. The first-order valence-electron chi connectivity index (χ1n) is 7.32. The van der Waals surface area contributed by atoms with Crippen LogP contribution >= 0.6 is 0 Å². The average Bonchev–Trinajstić information content (AvgIpc) is 2.90. The predicted molar refractivity (Wildman–Crippen MR) is 76.6 cm³/mol. The van der Waals surface area contributed by atoms with Gasteiger partial charge in [-0.1, -0.05) is 26.8 Å². The summed E-state index contributed by atoms with van der Waals surface area (Å²) in [4.78, 5) is 0. The summed E-state index contributed by atoms with van der Waals surface area (Å²) < 4.78 is 5.25. The molecule has 0 spiro atoms. The first kappa shape index (κ1) is 12.8. The molecule has 0 aromatic heterocycles. The molecule has 0 amide bonds. The molecule has 2 saturated carbocycles. The van der Waals surface area contributed by atoms with Crippen LogP contribution in [0.3, 0.4) is 0 Å². The number of phenolic OH excluding ortho intramolecular Hbond substituents is 1. The fraction of sp³-hybridized carbons (Fsp3) is 0.647. The lowest BCUT2D eigenvalue weighted by Crippen LogP contribution is -2.32. The highest BCUT2D eigenvalue weighted by atomic mass is 16.5. The molecule has 2 bridgehead atoms. The summed E-state index contributed by atoms with van der Waals surface area (Å²) in [5.74, 6) is 3.93. The zero-order valence-electron chi connectivity index (χ0n) is 12.3. The van der Waals surface area contributed by atoms with Gasteiger partial charge in [0.2, 0.25) is 0 Å². The number of benzene rings is 1. The maximum absolute atomic E-state index is 9.73. The summed E-state index contributed by atoms with van der Waals surface area (Å²) in [5.41, 5.74) is 1.76. The van der Waals surface area contributed by atoms with E-state index >= 15 is 0 Å². The van der Waals surface area contributed by atoms with Gasteiger partial charge >= 0.3 is 0 Å². The minimum Gasteiger partial charge on any atom is -0.504 e. The van der Waals surface area contributed by atoms with Crippen LogP contribution in [0.1, 0.15) is 45.1 Å². The van der Waals surface area contributed by atoms with Gasteiger partial charge in [0.1, 0.15) is 0 Å². The molecule has 2 nitrogen and oxygen atoms in total. The summed E-state index contributed by atoms with van der Waals surface area (Å²) in [7, 11) is 1.62. The van der Waals surface area contributed by atoms with E-state index in [9.17, 15) is 5.11 Å². The van der Waals surface area contributed by atoms with E-state index in [-0.39, 0.29) is 5.75 Å². The average molecular weight is 260 g/mol. The van der Waals surface area contributed by atoms with Crippen LogP contribution in [0, 0.1) is 23.2 Å². The molecule has 4 atom stereocenters. The maximum atomic E-state index is 9.73. The van der Waals surface area contributed by atoms with E-state index in [4.69, 9.17) is 4.74 Å². The molecule has 1 aromatic carbocycles. The van der Waals surface area contributed by atoms with Crippen molar-refractivity contribution in [2.45, 2.75) is 39.5 Å². The van der Waals surface area contributed by atoms with E-state index in [1.54, 1.807) is 13.2 Å². The quantitative estimate of drug-likeness (QED) is 0.864. The van der Waals surface area contributed by atoms with E-state index in [1.807, 2.05) is 6.07 Å². The molecule has 0 unspecified atom stereocenters. The lowest BCUT2D eigenvalue weighted by atomic mass is 9.64. The van der Waals surface area contributed by atoms with Gasteiger partial charge in [0.05, 0.1) is 7.11 Å². The fourth-order valence-electron chi connectivity index (χ4n) is 4.55. The second kappa shape index (κ2) is 4.16. The summed E-state index contributed by atoms with van der Waals surface area (Å²) in [5, 5.41) is 9.73. The molecule has 2 aliphatic rings. The van der Waals surface area contributed by atoms with E-state index in [0.717, 1.165) is 17.8 Å². The number of fused-ring (bicyclic) bond motifs is 2. The smallest absolute Gasteiger partial charge is 0.160 e. The standard InChI is InChI=1S/C17H24O2/c1-10-12-7-13(14(8-12)17(10,2)3)11-5-6-15(18)16(9-11)19-4/h5-6,9-10,12-14,18H,7-8H2,1-4H3/t10-,12+,13+,14+/m1/s1. The van der Waals surface area contributed by atoms with Gasteiger partial charge in [0, 0.05) is 0 Å². The van der Waals surface area contributed by atoms with Crippen LogP contribution in [-0.2, 0) is 0 Å². The first-order valence-corrected chi connectivity index (χ1v) is 7.32. The summed E-state index contributed by atoms with van der Waals surface area (Å²) in [6.07, 6.45) is 2.66. The molecule has 19 heavy (non-hydrogen) atoms. The predicted octanol–water partition coefficient (Wildman–Crippen LogP) is 4.19. The van der Waals surface area contributed by atoms with E-state index < -0.39 is 0 Å². The van der Waals surface area contributed by atoms with Crippen LogP contribution in [0.15, 0.2) is 18.2 Å². The number of hydrogen-bond donors (Lipinski definition) is 1. The minimum absolute atomic E-state index is 0.238. The van der Waals surface area contributed by atoms with E-state index in [1.165, 1.54) is 18.4 Å². The fourth-order valence-corrected chi connectivity index (χ4v) is 4.55. The van der Waals surface area contributed by atoms with Crippen molar-refractivity contribution in [1.82, 2.24) is 0 Å². The number of rotatable bonds is 2. The second-order valence-electron chi connectivity index (χ2n) is 6.99. The van der Waals surface area contributed by atoms with Crippen LogP contribution in [0.4, 0.5) is 0 Å². The van der Waals surface area contributed by atoms with Crippen molar-refractivity contribution in [2.24, 2.45) is 23.2 Å². The maximum Gasteiger partial charge on any atom is 0.160 e. The van der Waals surface area contributed by atoms with Gasteiger partial charge in [0.15, 0.2) is 11.5 Å². The third-order valence-corrected chi connectivity index (χ3v) is 6.07. The SMILES string of the molecule is COc1cc([C@@H]2C[C@H]3C[C@@H]2C(C)(C)[C@@H]3C)ccc1O. The van der Waals surface area contributed by atoms with Crippen molar-refractivity contribution in [3.8, 4) is 11.5 Å². The van der Waals surface area contributed by atoms with E-state index in [2.05, 4.69) is 26.8 Å². The van der Waals surface area contributed by atoms with Crippen LogP contribution in [0.25, 0.3) is 0 Å². The number of aromatic hydroxyl groups is 1. The van der Waals surface area contributed by atoms with Gasteiger partial charge in [0.25, 0.3) is 0 Å². The largest absolute Gasteiger partial charge is 0.504 e. The number of methoxy groups -OCH3 is 1. The van der Waals surface area contributed by atoms with Crippen LogP contribution in [-0.4, -0.2) is 12.2 Å². The highest BCUT2D eigenvalue weighted by Gasteiger charge is 2.55. The van der Waals surface area contributed by atoms with Gasteiger partial charge in [-0.3, -0.25) is 0 Å². The third-order valence-electron chi connectivity index (χ3n) is 6.07. The van der Waals surface area contributed by atoms with Crippen molar-refractivity contribution in [3.05, 3.63) is 23.8 Å². The molecule has 0 heterocycles. The van der Waals surface area contributed by atoms with Crippen molar-refractivity contribution in [2.75, 3.05) is 7.11 Å². The number of phenols is 1. The lowest BCUT2D eigenvalue weighted by molar-refractivity contribution is 0.118. The molecule has 2 heteroatoms. The van der Waals surface area contributed by atoms with Crippen molar-refractivity contribution >= 4 is 0 Å².